The van der Waals surface area contributed by atoms with E-state index in [1.54, 1.807) is 6.08 Å². The van der Waals surface area contributed by atoms with Crippen LogP contribution in [0, 0.1) is 0 Å². The first-order valence-corrected chi connectivity index (χ1v) is 7.74. The summed E-state index contributed by atoms with van der Waals surface area (Å²) in [5, 5.41) is 4.05. The van der Waals surface area contributed by atoms with Crippen molar-refractivity contribution in [1.82, 2.24) is 10.1 Å². The van der Waals surface area contributed by atoms with Crippen molar-refractivity contribution in [3.8, 4) is 5.75 Å². The maximum Gasteiger partial charge on any atom is 0.250 e. The molecule has 0 radical (unpaired) electrons. The number of benzene rings is 1. The smallest absolute Gasteiger partial charge is 0.250 e. The first-order chi connectivity index (χ1) is 10.7. The summed E-state index contributed by atoms with van der Waals surface area (Å²) in [5.41, 5.74) is 6.90. The van der Waals surface area contributed by atoms with Gasteiger partial charge in [-0.3, -0.25) is 0 Å². The highest BCUT2D eigenvalue weighted by Gasteiger charge is 2.35. The van der Waals surface area contributed by atoms with Crippen LogP contribution in [-0.2, 0) is 5.54 Å². The van der Waals surface area contributed by atoms with Crippen molar-refractivity contribution < 1.29 is 9.26 Å². The monoisotopic (exact) mass is 335 g/mol. The molecule has 0 aliphatic heterocycles. The van der Waals surface area contributed by atoms with Crippen LogP contribution >= 0.6 is 12.4 Å². The van der Waals surface area contributed by atoms with Gasteiger partial charge in [-0.2, -0.15) is 4.98 Å². The highest BCUT2D eigenvalue weighted by molar-refractivity contribution is 5.85. The Bertz CT molecular complexity index is 663. The molecule has 1 aliphatic rings. The van der Waals surface area contributed by atoms with Crippen molar-refractivity contribution in [3.05, 3.63) is 41.5 Å². The van der Waals surface area contributed by atoms with Crippen molar-refractivity contribution in [2.45, 2.75) is 38.1 Å². The zero-order chi connectivity index (χ0) is 15.4. The molecule has 1 fully saturated rings. The number of para-hydroxylation sites is 1. The summed E-state index contributed by atoms with van der Waals surface area (Å²) in [6.07, 6.45) is 7.80. The van der Waals surface area contributed by atoms with E-state index in [-0.39, 0.29) is 12.4 Å². The number of hydrogen-bond acceptors (Lipinski definition) is 5. The zero-order valence-corrected chi connectivity index (χ0v) is 14.0. The summed E-state index contributed by atoms with van der Waals surface area (Å²) in [7, 11) is 0. The van der Waals surface area contributed by atoms with Gasteiger partial charge in [-0.15, -0.1) is 12.4 Å². The molecular formula is C17H22ClN3O2. The molecular weight excluding hydrogens is 314 g/mol. The molecule has 1 heterocycles. The molecule has 0 unspecified atom stereocenters. The number of aromatic nitrogens is 2. The van der Waals surface area contributed by atoms with E-state index in [1.165, 1.54) is 0 Å². The molecule has 2 N–H and O–H groups in total. The van der Waals surface area contributed by atoms with Gasteiger partial charge in [-0.1, -0.05) is 36.2 Å². The minimum Gasteiger partial charge on any atom is -0.493 e. The first kappa shape index (κ1) is 17.5. The van der Waals surface area contributed by atoms with Crippen molar-refractivity contribution in [1.29, 1.82) is 0 Å². The van der Waals surface area contributed by atoms with Gasteiger partial charge in [0, 0.05) is 11.6 Å². The maximum absolute atomic E-state index is 6.34. The van der Waals surface area contributed by atoms with Crippen LogP contribution in [0.15, 0.2) is 28.8 Å². The molecule has 0 bridgehead atoms. The minimum absolute atomic E-state index is 0. The summed E-state index contributed by atoms with van der Waals surface area (Å²) in [6, 6.07) is 7.84. The third-order valence-electron chi connectivity index (χ3n) is 4.01. The SMILES string of the molecule is CCOc1ccccc1/C=C/c1nc(C2(N)CCCC2)no1.Cl. The molecule has 2 aromatic rings. The van der Waals surface area contributed by atoms with Crippen molar-refractivity contribution >= 4 is 24.6 Å². The topological polar surface area (TPSA) is 74.2 Å². The molecule has 23 heavy (non-hydrogen) atoms. The lowest BCUT2D eigenvalue weighted by Crippen LogP contribution is -2.34. The Morgan fingerprint density at radius 2 is 2.00 bits per heavy atom. The minimum atomic E-state index is -0.418. The molecule has 124 valence electrons. The molecule has 3 rings (SSSR count). The predicted octanol–water partition coefficient (Wildman–Crippen LogP) is 3.79. The average molecular weight is 336 g/mol. The van der Waals surface area contributed by atoms with Crippen LogP contribution in [0.1, 0.15) is 49.9 Å². The second kappa shape index (κ2) is 7.62. The summed E-state index contributed by atoms with van der Waals surface area (Å²) in [6.45, 7) is 2.60. The molecule has 1 saturated carbocycles. The van der Waals surface area contributed by atoms with E-state index in [2.05, 4.69) is 10.1 Å². The van der Waals surface area contributed by atoms with Crippen LogP contribution in [0.4, 0.5) is 0 Å². The summed E-state index contributed by atoms with van der Waals surface area (Å²) >= 11 is 0. The van der Waals surface area contributed by atoms with Crippen LogP contribution in [-0.4, -0.2) is 16.7 Å². The maximum atomic E-state index is 6.34. The Morgan fingerprint density at radius 3 is 2.74 bits per heavy atom. The van der Waals surface area contributed by atoms with Crippen molar-refractivity contribution in [2.24, 2.45) is 5.73 Å². The number of ether oxygens (including phenoxy) is 1. The van der Waals surface area contributed by atoms with Gasteiger partial charge in [-0.05, 0) is 31.9 Å². The van der Waals surface area contributed by atoms with Gasteiger partial charge in [0.25, 0.3) is 5.89 Å². The van der Waals surface area contributed by atoms with Crippen LogP contribution in [0.25, 0.3) is 12.2 Å². The zero-order valence-electron chi connectivity index (χ0n) is 13.2. The lowest BCUT2D eigenvalue weighted by atomic mass is 9.99. The molecule has 1 aliphatic carbocycles. The van der Waals surface area contributed by atoms with Crippen LogP contribution < -0.4 is 10.5 Å². The Morgan fingerprint density at radius 1 is 1.26 bits per heavy atom. The standard InChI is InChI=1S/C17H21N3O2.ClH/c1-2-21-14-8-4-3-7-13(14)9-10-15-19-16(20-22-15)17(18)11-5-6-12-17;/h3-4,7-10H,2,5-6,11-12,18H2,1H3;1H/b10-9+;. The Labute approximate surface area is 142 Å². The first-order valence-electron chi connectivity index (χ1n) is 7.74. The molecule has 0 amide bonds. The second-order valence-electron chi connectivity index (χ2n) is 5.62. The molecule has 6 heteroatoms. The van der Waals surface area contributed by atoms with Crippen LogP contribution in [0.3, 0.4) is 0 Å². The van der Waals surface area contributed by atoms with Gasteiger partial charge in [0.1, 0.15) is 5.75 Å². The molecule has 1 aromatic carbocycles. The average Bonchev–Trinajstić information content (AvgIpc) is 3.17. The van der Waals surface area contributed by atoms with Gasteiger partial charge in [0.05, 0.1) is 12.1 Å². The van der Waals surface area contributed by atoms with Crippen molar-refractivity contribution in [3.63, 3.8) is 0 Å². The van der Waals surface area contributed by atoms with E-state index in [4.69, 9.17) is 15.0 Å². The summed E-state index contributed by atoms with van der Waals surface area (Å²) in [5.74, 6) is 1.92. The third-order valence-corrected chi connectivity index (χ3v) is 4.01. The molecule has 0 spiro atoms. The van der Waals surface area contributed by atoms with Gasteiger partial charge in [0.2, 0.25) is 0 Å². The van der Waals surface area contributed by atoms with Gasteiger partial charge >= 0.3 is 0 Å². The number of rotatable bonds is 5. The largest absolute Gasteiger partial charge is 0.493 e. The number of nitrogens with two attached hydrogens (primary N) is 1. The predicted molar refractivity (Wildman–Crippen MR) is 92.4 cm³/mol. The Kier molecular flexibility index (Phi) is 5.80. The number of hydrogen-bond donors (Lipinski definition) is 1. The lowest BCUT2D eigenvalue weighted by molar-refractivity contribution is 0.339. The second-order valence-corrected chi connectivity index (χ2v) is 5.62. The Hall–Kier alpha value is -1.85. The van der Waals surface area contributed by atoms with E-state index in [0.29, 0.717) is 18.3 Å². The van der Waals surface area contributed by atoms with Gasteiger partial charge in [-0.25, -0.2) is 0 Å². The van der Waals surface area contributed by atoms with E-state index in [1.807, 2.05) is 37.3 Å². The Balaban J connectivity index is 0.00000192. The van der Waals surface area contributed by atoms with E-state index in [0.717, 1.165) is 37.0 Å². The fourth-order valence-electron chi connectivity index (χ4n) is 2.80. The molecule has 1 aromatic heterocycles. The fraction of sp³-hybridized carbons (Fsp3) is 0.412. The van der Waals surface area contributed by atoms with E-state index < -0.39 is 5.54 Å². The van der Waals surface area contributed by atoms with Crippen LogP contribution in [0.2, 0.25) is 0 Å². The molecule has 0 atom stereocenters. The fourth-order valence-corrected chi connectivity index (χ4v) is 2.80. The number of nitrogens with zero attached hydrogens (tertiary/aromatic N) is 2. The van der Waals surface area contributed by atoms with E-state index >= 15 is 0 Å². The number of halogens is 1. The van der Waals surface area contributed by atoms with Crippen LogP contribution in [0.5, 0.6) is 5.75 Å². The quantitative estimate of drug-likeness (QED) is 0.899. The summed E-state index contributed by atoms with van der Waals surface area (Å²) < 4.78 is 10.9. The molecule has 5 nitrogen and oxygen atoms in total. The normalized spacial score (nSPS) is 16.4. The van der Waals surface area contributed by atoms with Gasteiger partial charge < -0.3 is 15.0 Å². The van der Waals surface area contributed by atoms with E-state index in [9.17, 15) is 0 Å². The highest BCUT2D eigenvalue weighted by Crippen LogP contribution is 2.34. The molecule has 0 saturated heterocycles. The van der Waals surface area contributed by atoms with Gasteiger partial charge in [0.15, 0.2) is 5.82 Å². The highest BCUT2D eigenvalue weighted by atomic mass is 35.5. The van der Waals surface area contributed by atoms with Crippen molar-refractivity contribution in [2.75, 3.05) is 6.61 Å². The lowest BCUT2D eigenvalue weighted by Gasteiger charge is -2.17. The third kappa shape index (κ3) is 3.92. The summed E-state index contributed by atoms with van der Waals surface area (Å²) in [4.78, 5) is 4.42.